The van der Waals surface area contributed by atoms with Crippen LogP contribution in [0.15, 0.2) is 47.3 Å². The predicted molar refractivity (Wildman–Crippen MR) is 101 cm³/mol. The molecule has 0 bridgehead atoms. The van der Waals surface area contributed by atoms with Crippen molar-refractivity contribution < 1.29 is 4.42 Å². The highest BCUT2D eigenvalue weighted by Crippen LogP contribution is 2.32. The van der Waals surface area contributed by atoms with E-state index in [0.717, 1.165) is 40.0 Å². The Balaban J connectivity index is 1.45. The molecule has 1 N–H and O–H groups in total. The second-order valence-electron chi connectivity index (χ2n) is 6.55. The molecule has 0 saturated heterocycles. The van der Waals surface area contributed by atoms with Crippen molar-refractivity contribution in [2.75, 3.05) is 0 Å². The molecule has 0 fully saturated rings. The van der Waals surface area contributed by atoms with Gasteiger partial charge in [-0.05, 0) is 38.1 Å². The Hall–Kier alpha value is -3.75. The van der Waals surface area contributed by atoms with E-state index in [0.29, 0.717) is 18.7 Å². The molecule has 0 aliphatic rings. The van der Waals surface area contributed by atoms with Gasteiger partial charge in [0.15, 0.2) is 17.4 Å². The van der Waals surface area contributed by atoms with Crippen LogP contribution in [0.2, 0.25) is 0 Å². The SMILES string of the molecule is Cc1nc(CCn2ccnc2-c2ccc(-c3c(C)nn4ncccc34)o2)n[nH]1. The van der Waals surface area contributed by atoms with Gasteiger partial charge in [0.25, 0.3) is 0 Å². The molecular formula is C19H18N8O. The third-order valence-corrected chi connectivity index (χ3v) is 4.60. The minimum Gasteiger partial charge on any atom is -0.453 e. The fourth-order valence-electron chi connectivity index (χ4n) is 3.34. The van der Waals surface area contributed by atoms with Crippen LogP contribution in [0.1, 0.15) is 17.3 Å². The van der Waals surface area contributed by atoms with Crippen molar-refractivity contribution in [1.82, 2.24) is 39.6 Å². The molecule has 28 heavy (non-hydrogen) atoms. The molecule has 5 heterocycles. The molecule has 0 amide bonds. The fraction of sp³-hybridized carbons (Fsp3) is 0.211. The third kappa shape index (κ3) is 2.77. The normalized spacial score (nSPS) is 11.5. The maximum absolute atomic E-state index is 6.16. The molecule has 0 saturated carbocycles. The quantitative estimate of drug-likeness (QED) is 0.507. The summed E-state index contributed by atoms with van der Waals surface area (Å²) in [6.07, 6.45) is 6.12. The van der Waals surface area contributed by atoms with Gasteiger partial charge in [-0.2, -0.15) is 19.9 Å². The van der Waals surface area contributed by atoms with Crippen molar-refractivity contribution in [3.63, 3.8) is 0 Å². The summed E-state index contributed by atoms with van der Waals surface area (Å²) >= 11 is 0. The molecule has 0 aromatic carbocycles. The van der Waals surface area contributed by atoms with Gasteiger partial charge in [-0.15, -0.1) is 0 Å². The lowest BCUT2D eigenvalue weighted by Gasteiger charge is -2.04. The van der Waals surface area contributed by atoms with Gasteiger partial charge in [0, 0.05) is 31.6 Å². The first-order chi connectivity index (χ1) is 13.7. The number of furan rings is 1. The minimum atomic E-state index is 0.703. The van der Waals surface area contributed by atoms with Crippen molar-refractivity contribution in [3.05, 3.63) is 60.2 Å². The van der Waals surface area contributed by atoms with E-state index in [1.165, 1.54) is 0 Å². The lowest BCUT2D eigenvalue weighted by Crippen LogP contribution is -2.03. The van der Waals surface area contributed by atoms with Crippen LogP contribution in [-0.4, -0.2) is 39.6 Å². The van der Waals surface area contributed by atoms with Crippen molar-refractivity contribution >= 4 is 5.52 Å². The van der Waals surface area contributed by atoms with Crippen LogP contribution in [0.4, 0.5) is 0 Å². The van der Waals surface area contributed by atoms with E-state index < -0.39 is 0 Å². The molecular weight excluding hydrogens is 356 g/mol. The number of aryl methyl sites for hydroxylation is 4. The van der Waals surface area contributed by atoms with Crippen LogP contribution in [0.5, 0.6) is 0 Å². The molecule has 0 spiro atoms. The van der Waals surface area contributed by atoms with Gasteiger partial charge in [0.1, 0.15) is 11.6 Å². The first kappa shape index (κ1) is 16.4. The third-order valence-electron chi connectivity index (χ3n) is 4.60. The Kier molecular flexibility index (Phi) is 3.78. The molecule has 140 valence electrons. The zero-order valence-electron chi connectivity index (χ0n) is 15.5. The van der Waals surface area contributed by atoms with Crippen LogP contribution >= 0.6 is 0 Å². The van der Waals surface area contributed by atoms with E-state index in [4.69, 9.17) is 4.42 Å². The summed E-state index contributed by atoms with van der Waals surface area (Å²) in [6.45, 7) is 4.55. The lowest BCUT2D eigenvalue weighted by atomic mass is 10.1. The van der Waals surface area contributed by atoms with Crippen molar-refractivity contribution in [1.29, 1.82) is 0 Å². The Morgan fingerprint density at radius 1 is 1.11 bits per heavy atom. The molecule has 0 aliphatic carbocycles. The Labute approximate surface area is 160 Å². The van der Waals surface area contributed by atoms with Crippen LogP contribution in [0, 0.1) is 13.8 Å². The molecule has 9 heteroatoms. The molecule has 5 rings (SSSR count). The second kappa shape index (κ2) is 6.45. The highest BCUT2D eigenvalue weighted by atomic mass is 16.3. The second-order valence-corrected chi connectivity index (χ2v) is 6.55. The number of fused-ring (bicyclic) bond motifs is 1. The molecule has 0 aliphatic heterocycles. The van der Waals surface area contributed by atoms with Gasteiger partial charge in [-0.1, -0.05) is 0 Å². The summed E-state index contributed by atoms with van der Waals surface area (Å²) in [7, 11) is 0. The van der Waals surface area contributed by atoms with E-state index in [-0.39, 0.29) is 0 Å². The zero-order valence-corrected chi connectivity index (χ0v) is 15.5. The number of imidazole rings is 1. The molecule has 0 radical (unpaired) electrons. The predicted octanol–water partition coefficient (Wildman–Crippen LogP) is 2.83. The summed E-state index contributed by atoms with van der Waals surface area (Å²) in [5.41, 5.74) is 2.71. The van der Waals surface area contributed by atoms with Crippen molar-refractivity contribution in [2.45, 2.75) is 26.8 Å². The monoisotopic (exact) mass is 374 g/mol. The summed E-state index contributed by atoms with van der Waals surface area (Å²) in [4.78, 5) is 8.82. The summed E-state index contributed by atoms with van der Waals surface area (Å²) in [6, 6.07) is 7.75. The zero-order chi connectivity index (χ0) is 19.1. The maximum Gasteiger partial charge on any atom is 0.176 e. The van der Waals surface area contributed by atoms with Crippen LogP contribution < -0.4 is 0 Å². The number of aromatic nitrogens is 8. The highest BCUT2D eigenvalue weighted by Gasteiger charge is 2.18. The van der Waals surface area contributed by atoms with Crippen LogP contribution in [0.3, 0.4) is 0 Å². The van der Waals surface area contributed by atoms with Crippen molar-refractivity contribution in [2.24, 2.45) is 0 Å². The number of hydrogen-bond donors (Lipinski definition) is 1. The topological polar surface area (TPSA) is 103 Å². The summed E-state index contributed by atoms with van der Waals surface area (Å²) in [5, 5.41) is 15.8. The van der Waals surface area contributed by atoms with Gasteiger partial charge in [-0.25, -0.2) is 9.97 Å². The molecule has 5 aromatic heterocycles. The largest absolute Gasteiger partial charge is 0.453 e. The van der Waals surface area contributed by atoms with Gasteiger partial charge in [-0.3, -0.25) is 5.10 Å². The van der Waals surface area contributed by atoms with Crippen molar-refractivity contribution in [3.8, 4) is 22.9 Å². The van der Waals surface area contributed by atoms with Gasteiger partial charge < -0.3 is 8.98 Å². The van der Waals surface area contributed by atoms with E-state index in [9.17, 15) is 0 Å². The van der Waals surface area contributed by atoms with E-state index in [2.05, 4.69) is 30.4 Å². The number of aromatic amines is 1. The standard InChI is InChI=1S/C19H18N8O/c1-12-18(14-4-3-8-21-27(14)25-12)15-5-6-16(28-15)19-20-9-11-26(19)10-7-17-22-13(2)23-24-17/h3-6,8-9,11H,7,10H2,1-2H3,(H,22,23,24). The van der Waals surface area contributed by atoms with Gasteiger partial charge in [0.05, 0.1) is 16.8 Å². The lowest BCUT2D eigenvalue weighted by molar-refractivity contribution is 0.579. The maximum atomic E-state index is 6.16. The number of hydrogen-bond acceptors (Lipinski definition) is 6. The van der Waals surface area contributed by atoms with E-state index in [1.54, 1.807) is 17.0 Å². The molecule has 5 aromatic rings. The Morgan fingerprint density at radius 3 is 2.86 bits per heavy atom. The highest BCUT2D eigenvalue weighted by molar-refractivity contribution is 5.79. The number of rotatable bonds is 5. The van der Waals surface area contributed by atoms with E-state index >= 15 is 0 Å². The molecule has 9 nitrogen and oxygen atoms in total. The van der Waals surface area contributed by atoms with Gasteiger partial charge in [0.2, 0.25) is 0 Å². The summed E-state index contributed by atoms with van der Waals surface area (Å²) in [5.74, 6) is 3.82. The van der Waals surface area contributed by atoms with E-state index in [1.807, 2.05) is 48.9 Å². The summed E-state index contributed by atoms with van der Waals surface area (Å²) < 4.78 is 9.81. The van der Waals surface area contributed by atoms with Gasteiger partial charge >= 0.3 is 0 Å². The Morgan fingerprint density at radius 2 is 2.00 bits per heavy atom. The van der Waals surface area contributed by atoms with Crippen LogP contribution in [-0.2, 0) is 13.0 Å². The average molecular weight is 374 g/mol. The molecule has 0 atom stereocenters. The Bertz CT molecular complexity index is 1260. The fourth-order valence-corrected chi connectivity index (χ4v) is 3.34. The minimum absolute atomic E-state index is 0.703. The number of nitrogens with one attached hydrogen (secondary N) is 1. The first-order valence-electron chi connectivity index (χ1n) is 8.99. The smallest absolute Gasteiger partial charge is 0.176 e. The molecule has 0 unspecified atom stereocenters. The number of H-pyrrole nitrogens is 1. The average Bonchev–Trinajstić information content (AvgIpc) is 3.45. The number of nitrogens with zero attached hydrogens (tertiary/aromatic N) is 7. The van der Waals surface area contributed by atoms with Crippen LogP contribution in [0.25, 0.3) is 28.4 Å². The first-order valence-corrected chi connectivity index (χ1v) is 8.99.